The van der Waals surface area contributed by atoms with Crippen LogP contribution in [0.25, 0.3) is 0 Å². The van der Waals surface area contributed by atoms with Gasteiger partial charge in [-0.25, -0.2) is 4.79 Å². The smallest absolute Gasteiger partial charge is 0.326 e. The van der Waals surface area contributed by atoms with E-state index in [0.717, 1.165) is 5.56 Å². The Labute approximate surface area is 106 Å². The van der Waals surface area contributed by atoms with E-state index >= 15 is 0 Å². The maximum absolute atomic E-state index is 11.1. The van der Waals surface area contributed by atoms with Gasteiger partial charge in [-0.15, -0.1) is 0 Å². The molecule has 5 heteroatoms. The van der Waals surface area contributed by atoms with E-state index in [2.05, 4.69) is 5.32 Å². The fourth-order valence-corrected chi connectivity index (χ4v) is 1.63. The number of benzene rings is 1. The molecule has 1 atom stereocenters. The number of rotatable bonds is 5. The van der Waals surface area contributed by atoms with Crippen molar-refractivity contribution in [3.05, 3.63) is 35.9 Å². The number of carbonyl (C=O) groups is 1. The summed E-state index contributed by atoms with van der Waals surface area (Å²) in [7, 11) is 0. The van der Waals surface area contributed by atoms with Crippen molar-refractivity contribution >= 4 is 23.4 Å². The van der Waals surface area contributed by atoms with Gasteiger partial charge in [0.05, 0.1) is 6.61 Å². The zero-order valence-electron chi connectivity index (χ0n) is 9.55. The van der Waals surface area contributed by atoms with E-state index in [9.17, 15) is 4.79 Å². The van der Waals surface area contributed by atoms with Gasteiger partial charge < -0.3 is 15.2 Å². The molecule has 0 aliphatic heterocycles. The molecule has 4 nitrogen and oxygen atoms in total. The summed E-state index contributed by atoms with van der Waals surface area (Å²) < 4.78 is 5.02. The van der Waals surface area contributed by atoms with Gasteiger partial charge in [0.25, 0.3) is 5.17 Å². The number of carboxylic acids is 1. The molecule has 0 unspecified atom stereocenters. The second kappa shape index (κ2) is 6.85. The minimum Gasteiger partial charge on any atom is -0.480 e. The van der Waals surface area contributed by atoms with Gasteiger partial charge in [0.1, 0.15) is 6.04 Å². The molecule has 0 amide bonds. The predicted octanol–water partition coefficient (Wildman–Crippen LogP) is 1.59. The van der Waals surface area contributed by atoms with Gasteiger partial charge in [0.2, 0.25) is 0 Å². The number of ether oxygens (including phenoxy) is 1. The maximum atomic E-state index is 11.1. The number of aliphatic carboxylic acids is 1. The highest BCUT2D eigenvalue weighted by molar-refractivity contribution is 7.80. The van der Waals surface area contributed by atoms with E-state index in [1.807, 2.05) is 30.3 Å². The second-order valence-electron chi connectivity index (χ2n) is 3.45. The lowest BCUT2D eigenvalue weighted by Gasteiger charge is -2.16. The highest BCUT2D eigenvalue weighted by Gasteiger charge is 2.19. The van der Waals surface area contributed by atoms with Crippen LogP contribution in [0.5, 0.6) is 0 Å². The lowest BCUT2D eigenvalue weighted by Crippen LogP contribution is -2.42. The van der Waals surface area contributed by atoms with Gasteiger partial charge in [-0.05, 0) is 24.7 Å². The Morgan fingerprint density at radius 1 is 1.47 bits per heavy atom. The molecule has 92 valence electrons. The third-order valence-corrected chi connectivity index (χ3v) is 2.38. The lowest BCUT2D eigenvalue weighted by atomic mass is 10.1. The summed E-state index contributed by atoms with van der Waals surface area (Å²) in [6, 6.07) is 8.61. The zero-order valence-corrected chi connectivity index (χ0v) is 10.4. The molecule has 0 aliphatic rings. The molecule has 0 radical (unpaired) electrons. The van der Waals surface area contributed by atoms with Crippen LogP contribution in [0, 0.1) is 0 Å². The van der Waals surface area contributed by atoms with Crippen molar-refractivity contribution in [2.75, 3.05) is 6.61 Å². The van der Waals surface area contributed by atoms with Crippen LogP contribution in [0.15, 0.2) is 30.3 Å². The summed E-state index contributed by atoms with van der Waals surface area (Å²) in [6.07, 6.45) is 0.364. The van der Waals surface area contributed by atoms with Gasteiger partial charge in [-0.2, -0.15) is 0 Å². The molecule has 0 saturated carbocycles. The minimum atomic E-state index is -0.948. The molecule has 17 heavy (non-hydrogen) atoms. The molecule has 0 fully saturated rings. The topological polar surface area (TPSA) is 58.6 Å². The van der Waals surface area contributed by atoms with E-state index in [-0.39, 0.29) is 5.17 Å². The van der Waals surface area contributed by atoms with Crippen molar-refractivity contribution in [3.8, 4) is 0 Å². The van der Waals surface area contributed by atoms with E-state index in [4.69, 9.17) is 22.1 Å². The van der Waals surface area contributed by atoms with Crippen molar-refractivity contribution < 1.29 is 14.6 Å². The van der Waals surface area contributed by atoms with Gasteiger partial charge in [0, 0.05) is 6.42 Å². The monoisotopic (exact) mass is 253 g/mol. The van der Waals surface area contributed by atoms with Gasteiger partial charge in [0.15, 0.2) is 0 Å². The zero-order chi connectivity index (χ0) is 12.7. The van der Waals surface area contributed by atoms with Gasteiger partial charge in [-0.3, -0.25) is 0 Å². The largest absolute Gasteiger partial charge is 0.480 e. The third kappa shape index (κ3) is 4.82. The average molecular weight is 253 g/mol. The Hall–Kier alpha value is -1.62. The minimum absolute atomic E-state index is 0.121. The number of carboxylic acid groups (broad SMARTS) is 1. The van der Waals surface area contributed by atoms with E-state index < -0.39 is 12.0 Å². The molecule has 0 aromatic heterocycles. The van der Waals surface area contributed by atoms with E-state index in [1.165, 1.54) is 0 Å². The Bertz CT molecular complexity index is 381. The Morgan fingerprint density at radius 3 is 2.65 bits per heavy atom. The van der Waals surface area contributed by atoms with Crippen molar-refractivity contribution in [2.45, 2.75) is 19.4 Å². The summed E-state index contributed by atoms with van der Waals surface area (Å²) >= 11 is 4.87. The molecule has 1 aromatic rings. The van der Waals surface area contributed by atoms with Crippen LogP contribution < -0.4 is 5.32 Å². The van der Waals surface area contributed by atoms with Crippen LogP contribution in [-0.2, 0) is 16.0 Å². The standard InChI is InChI=1S/C12H15NO3S/c1-2-16-12(17)13-10(11(14)15)8-9-6-4-3-5-7-9/h3-7,10H,2,8H2,1H3,(H,13,17)(H,14,15)/t10-/m1/s1. The van der Waals surface area contributed by atoms with Crippen molar-refractivity contribution in [2.24, 2.45) is 0 Å². The van der Waals surface area contributed by atoms with E-state index in [1.54, 1.807) is 6.92 Å². The number of thiocarbonyl (C=S) groups is 1. The average Bonchev–Trinajstić information content (AvgIpc) is 2.29. The van der Waals surface area contributed by atoms with Crippen LogP contribution in [0.3, 0.4) is 0 Å². The van der Waals surface area contributed by atoms with Gasteiger partial charge in [-0.1, -0.05) is 30.3 Å². The van der Waals surface area contributed by atoms with Crippen molar-refractivity contribution in [3.63, 3.8) is 0 Å². The maximum Gasteiger partial charge on any atom is 0.326 e. The fourth-order valence-electron chi connectivity index (χ4n) is 1.36. The normalized spacial score (nSPS) is 11.6. The van der Waals surface area contributed by atoms with E-state index in [0.29, 0.717) is 13.0 Å². The molecule has 0 heterocycles. The number of hydrogen-bond acceptors (Lipinski definition) is 3. The Kier molecular flexibility index (Phi) is 5.42. The summed E-state index contributed by atoms with van der Waals surface area (Å²) in [5.74, 6) is -0.948. The van der Waals surface area contributed by atoms with Crippen molar-refractivity contribution in [1.82, 2.24) is 5.32 Å². The molecule has 0 spiro atoms. The summed E-state index contributed by atoms with van der Waals surface area (Å²) in [4.78, 5) is 11.1. The summed E-state index contributed by atoms with van der Waals surface area (Å²) in [5.41, 5.74) is 0.937. The van der Waals surface area contributed by atoms with Crippen LogP contribution in [0.2, 0.25) is 0 Å². The second-order valence-corrected chi connectivity index (χ2v) is 3.82. The van der Waals surface area contributed by atoms with Crippen LogP contribution in [0.1, 0.15) is 12.5 Å². The third-order valence-electron chi connectivity index (χ3n) is 2.15. The first-order chi connectivity index (χ1) is 8.13. The molecule has 1 aromatic carbocycles. The summed E-state index contributed by atoms with van der Waals surface area (Å²) in [5, 5.41) is 11.9. The van der Waals surface area contributed by atoms with Gasteiger partial charge >= 0.3 is 5.97 Å². The summed E-state index contributed by atoms with van der Waals surface area (Å²) in [6.45, 7) is 2.21. The lowest BCUT2D eigenvalue weighted by molar-refractivity contribution is -0.139. The first-order valence-corrected chi connectivity index (χ1v) is 5.74. The first-order valence-electron chi connectivity index (χ1n) is 5.33. The molecule has 0 bridgehead atoms. The van der Waals surface area contributed by atoms with Crippen LogP contribution in [0.4, 0.5) is 0 Å². The molecule has 0 aliphatic carbocycles. The molecule has 2 N–H and O–H groups in total. The molecular weight excluding hydrogens is 238 g/mol. The SMILES string of the molecule is CCOC(=S)N[C@H](Cc1ccccc1)C(=O)O. The van der Waals surface area contributed by atoms with Crippen molar-refractivity contribution in [1.29, 1.82) is 0 Å². The highest BCUT2D eigenvalue weighted by Crippen LogP contribution is 2.03. The fraction of sp³-hybridized carbons (Fsp3) is 0.333. The van der Waals surface area contributed by atoms with Crippen LogP contribution in [-0.4, -0.2) is 28.9 Å². The van der Waals surface area contributed by atoms with Crippen LogP contribution >= 0.6 is 12.2 Å². The highest BCUT2D eigenvalue weighted by atomic mass is 32.1. The number of nitrogens with one attached hydrogen (secondary N) is 1. The Balaban J connectivity index is 2.61. The molecule has 0 saturated heterocycles. The molecule has 1 rings (SSSR count). The predicted molar refractivity (Wildman–Crippen MR) is 68.9 cm³/mol. The quantitative estimate of drug-likeness (QED) is 0.780. The first kappa shape index (κ1) is 13.4. The Morgan fingerprint density at radius 2 is 2.12 bits per heavy atom. The molecular formula is C12H15NO3S. The number of hydrogen-bond donors (Lipinski definition) is 2.